The maximum atomic E-state index is 5.74. The molecular formula is C15H28N4O2. The van der Waals surface area contributed by atoms with E-state index in [2.05, 4.69) is 29.3 Å². The second-order valence-electron chi connectivity index (χ2n) is 5.70. The fourth-order valence-electron chi connectivity index (χ4n) is 2.94. The standard InChI is InChI=1S/C15H28N4O2/c1-12-14(10-16-7-9-20-4)15(19(3)17-12)18(2)11-13-6-5-8-21-13/h13,16H,5-11H2,1-4H3. The van der Waals surface area contributed by atoms with Crippen LogP contribution in [0.2, 0.25) is 0 Å². The third kappa shape index (κ3) is 4.18. The van der Waals surface area contributed by atoms with Crippen molar-refractivity contribution in [2.75, 3.05) is 45.4 Å². The fraction of sp³-hybridized carbons (Fsp3) is 0.800. The smallest absolute Gasteiger partial charge is 0.131 e. The maximum Gasteiger partial charge on any atom is 0.131 e. The molecule has 1 saturated heterocycles. The molecule has 1 N–H and O–H groups in total. The fourth-order valence-corrected chi connectivity index (χ4v) is 2.94. The normalized spacial score (nSPS) is 18.4. The van der Waals surface area contributed by atoms with Crippen molar-refractivity contribution in [3.05, 3.63) is 11.3 Å². The lowest BCUT2D eigenvalue weighted by Gasteiger charge is -2.24. The number of anilines is 1. The average Bonchev–Trinajstić information content (AvgIpc) is 3.03. The Morgan fingerprint density at radius 2 is 2.33 bits per heavy atom. The van der Waals surface area contributed by atoms with E-state index in [0.29, 0.717) is 6.10 Å². The van der Waals surface area contributed by atoms with E-state index in [4.69, 9.17) is 9.47 Å². The molecule has 120 valence electrons. The van der Waals surface area contributed by atoms with Gasteiger partial charge in [-0.2, -0.15) is 5.10 Å². The van der Waals surface area contributed by atoms with Crippen LogP contribution < -0.4 is 10.2 Å². The molecule has 0 bridgehead atoms. The zero-order valence-electron chi connectivity index (χ0n) is 13.7. The highest BCUT2D eigenvalue weighted by Gasteiger charge is 2.22. The zero-order valence-corrected chi connectivity index (χ0v) is 13.7. The number of hydrogen-bond donors (Lipinski definition) is 1. The van der Waals surface area contributed by atoms with Gasteiger partial charge < -0.3 is 19.7 Å². The third-order valence-electron chi connectivity index (χ3n) is 3.96. The first kappa shape index (κ1) is 16.3. The molecular weight excluding hydrogens is 268 g/mol. The van der Waals surface area contributed by atoms with E-state index in [-0.39, 0.29) is 0 Å². The Labute approximate surface area is 127 Å². The Bertz CT molecular complexity index is 441. The van der Waals surface area contributed by atoms with Crippen LogP contribution >= 0.6 is 0 Å². The number of ether oxygens (including phenoxy) is 2. The highest BCUT2D eigenvalue weighted by molar-refractivity contribution is 5.49. The minimum Gasteiger partial charge on any atom is -0.383 e. The molecule has 2 heterocycles. The topological polar surface area (TPSA) is 51.5 Å². The SMILES string of the molecule is COCCNCc1c(C)nn(C)c1N(C)CC1CCCO1. The van der Waals surface area contributed by atoms with Crippen molar-refractivity contribution in [1.82, 2.24) is 15.1 Å². The lowest BCUT2D eigenvalue weighted by atomic mass is 10.2. The summed E-state index contributed by atoms with van der Waals surface area (Å²) in [6.07, 6.45) is 2.68. The monoisotopic (exact) mass is 296 g/mol. The van der Waals surface area contributed by atoms with Gasteiger partial charge in [0.15, 0.2) is 0 Å². The van der Waals surface area contributed by atoms with Crippen molar-refractivity contribution in [1.29, 1.82) is 0 Å². The Morgan fingerprint density at radius 1 is 1.52 bits per heavy atom. The molecule has 1 aromatic heterocycles. The molecule has 0 saturated carbocycles. The molecule has 0 aliphatic carbocycles. The Balaban J connectivity index is 2.02. The highest BCUT2D eigenvalue weighted by Crippen LogP contribution is 2.24. The lowest BCUT2D eigenvalue weighted by molar-refractivity contribution is 0.116. The molecule has 1 unspecified atom stereocenters. The minimum absolute atomic E-state index is 0.347. The summed E-state index contributed by atoms with van der Waals surface area (Å²) in [5.74, 6) is 1.17. The zero-order chi connectivity index (χ0) is 15.2. The Kier molecular flexibility index (Phi) is 6.02. The number of aromatic nitrogens is 2. The van der Waals surface area contributed by atoms with E-state index in [0.717, 1.165) is 45.0 Å². The summed E-state index contributed by atoms with van der Waals surface area (Å²) >= 11 is 0. The molecule has 0 aromatic carbocycles. The predicted octanol–water partition coefficient (Wildman–Crippen LogP) is 1.08. The summed E-state index contributed by atoms with van der Waals surface area (Å²) in [5.41, 5.74) is 2.34. The highest BCUT2D eigenvalue weighted by atomic mass is 16.5. The van der Waals surface area contributed by atoms with Gasteiger partial charge in [-0.3, -0.25) is 4.68 Å². The van der Waals surface area contributed by atoms with Crippen LogP contribution in [-0.2, 0) is 23.1 Å². The minimum atomic E-state index is 0.347. The molecule has 0 spiro atoms. The number of likely N-dealkylation sites (N-methyl/N-ethyl adjacent to an activating group) is 1. The van der Waals surface area contributed by atoms with Crippen molar-refractivity contribution >= 4 is 5.82 Å². The summed E-state index contributed by atoms with van der Waals surface area (Å²) in [6.45, 7) is 6.27. The van der Waals surface area contributed by atoms with E-state index in [1.54, 1.807) is 7.11 Å². The van der Waals surface area contributed by atoms with Gasteiger partial charge >= 0.3 is 0 Å². The third-order valence-corrected chi connectivity index (χ3v) is 3.96. The van der Waals surface area contributed by atoms with Crippen molar-refractivity contribution in [3.63, 3.8) is 0 Å². The quantitative estimate of drug-likeness (QED) is 0.728. The Hall–Kier alpha value is -1.11. The summed E-state index contributed by atoms with van der Waals surface area (Å²) in [5, 5.41) is 7.98. The molecule has 21 heavy (non-hydrogen) atoms. The molecule has 0 radical (unpaired) electrons. The van der Waals surface area contributed by atoms with Crippen LogP contribution in [0, 0.1) is 6.92 Å². The van der Waals surface area contributed by atoms with Gasteiger partial charge in [0.05, 0.1) is 18.4 Å². The first-order valence-corrected chi connectivity index (χ1v) is 7.68. The van der Waals surface area contributed by atoms with Crippen molar-refractivity contribution < 1.29 is 9.47 Å². The summed E-state index contributed by atoms with van der Waals surface area (Å²) in [7, 11) is 5.85. The van der Waals surface area contributed by atoms with E-state index in [1.165, 1.54) is 17.8 Å². The predicted molar refractivity (Wildman–Crippen MR) is 83.8 cm³/mol. The molecule has 0 amide bonds. The van der Waals surface area contributed by atoms with Gasteiger partial charge in [-0.1, -0.05) is 0 Å². The van der Waals surface area contributed by atoms with Crippen molar-refractivity contribution in [2.24, 2.45) is 7.05 Å². The van der Waals surface area contributed by atoms with Gasteiger partial charge in [0.2, 0.25) is 0 Å². The molecule has 6 nitrogen and oxygen atoms in total. The van der Waals surface area contributed by atoms with E-state index in [9.17, 15) is 0 Å². The van der Waals surface area contributed by atoms with Crippen LogP contribution in [0.25, 0.3) is 0 Å². The van der Waals surface area contributed by atoms with Crippen LogP contribution in [0.4, 0.5) is 5.82 Å². The van der Waals surface area contributed by atoms with Gasteiger partial charge in [0, 0.05) is 53.0 Å². The van der Waals surface area contributed by atoms with Crippen LogP contribution in [0.5, 0.6) is 0 Å². The first-order chi connectivity index (χ1) is 10.1. The van der Waals surface area contributed by atoms with E-state index in [1.807, 2.05) is 11.7 Å². The molecule has 1 aliphatic rings. The number of nitrogens with zero attached hydrogens (tertiary/aromatic N) is 3. The summed E-state index contributed by atoms with van der Waals surface area (Å²) < 4.78 is 12.8. The summed E-state index contributed by atoms with van der Waals surface area (Å²) in [4.78, 5) is 2.27. The van der Waals surface area contributed by atoms with Gasteiger partial charge in [-0.05, 0) is 19.8 Å². The number of rotatable bonds is 8. The Morgan fingerprint density at radius 3 is 3.00 bits per heavy atom. The second-order valence-corrected chi connectivity index (χ2v) is 5.70. The van der Waals surface area contributed by atoms with Crippen LogP contribution in [-0.4, -0.2) is 56.3 Å². The number of methoxy groups -OCH3 is 1. The van der Waals surface area contributed by atoms with Gasteiger partial charge in [-0.25, -0.2) is 0 Å². The van der Waals surface area contributed by atoms with E-state index >= 15 is 0 Å². The molecule has 2 rings (SSSR count). The lowest BCUT2D eigenvalue weighted by Crippen LogP contribution is -2.31. The van der Waals surface area contributed by atoms with Crippen LogP contribution in [0.15, 0.2) is 0 Å². The van der Waals surface area contributed by atoms with E-state index < -0.39 is 0 Å². The van der Waals surface area contributed by atoms with Crippen molar-refractivity contribution in [2.45, 2.75) is 32.4 Å². The molecule has 1 aliphatic heterocycles. The van der Waals surface area contributed by atoms with Crippen molar-refractivity contribution in [3.8, 4) is 0 Å². The first-order valence-electron chi connectivity index (χ1n) is 7.68. The van der Waals surface area contributed by atoms with Crippen LogP contribution in [0.1, 0.15) is 24.1 Å². The van der Waals surface area contributed by atoms with Gasteiger partial charge in [0.25, 0.3) is 0 Å². The number of hydrogen-bond acceptors (Lipinski definition) is 5. The average molecular weight is 296 g/mol. The number of nitrogens with one attached hydrogen (secondary N) is 1. The molecule has 1 fully saturated rings. The maximum absolute atomic E-state index is 5.74. The largest absolute Gasteiger partial charge is 0.383 e. The number of aryl methyl sites for hydroxylation is 2. The molecule has 6 heteroatoms. The molecule has 1 atom stereocenters. The van der Waals surface area contributed by atoms with Gasteiger partial charge in [0.1, 0.15) is 5.82 Å². The second kappa shape index (κ2) is 7.77. The summed E-state index contributed by atoms with van der Waals surface area (Å²) in [6, 6.07) is 0. The van der Waals surface area contributed by atoms with Crippen LogP contribution in [0.3, 0.4) is 0 Å². The molecule has 1 aromatic rings. The van der Waals surface area contributed by atoms with Gasteiger partial charge in [-0.15, -0.1) is 0 Å².